The average molecular weight is 279 g/mol. The molecule has 4 rings (SSSR count). The summed E-state index contributed by atoms with van der Waals surface area (Å²) in [5, 5.41) is 0. The molecule has 1 saturated carbocycles. The van der Waals surface area contributed by atoms with Crippen molar-refractivity contribution in [3.8, 4) is 0 Å². The maximum Gasteiger partial charge on any atom is 0.331 e. The number of esters is 1. The Balaban J connectivity index is 1.73. The van der Waals surface area contributed by atoms with E-state index >= 15 is 0 Å². The third-order valence-electron chi connectivity index (χ3n) is 5.68. The van der Waals surface area contributed by atoms with Gasteiger partial charge in [-0.15, -0.1) is 0 Å². The molecule has 3 heterocycles. The van der Waals surface area contributed by atoms with Gasteiger partial charge in [0.25, 0.3) is 0 Å². The van der Waals surface area contributed by atoms with E-state index in [9.17, 15) is 4.79 Å². The van der Waals surface area contributed by atoms with Gasteiger partial charge in [-0.2, -0.15) is 0 Å². The summed E-state index contributed by atoms with van der Waals surface area (Å²) in [4.78, 5) is 14.3. The summed E-state index contributed by atoms with van der Waals surface area (Å²) in [5.74, 6) is -0.183. The van der Waals surface area contributed by atoms with Crippen LogP contribution in [0.4, 0.5) is 0 Å². The Hall–Kier alpha value is -0.910. The van der Waals surface area contributed by atoms with Gasteiger partial charge in [0.05, 0.1) is 18.2 Å². The number of carbonyl (C=O) groups is 1. The molecule has 0 radical (unpaired) electrons. The maximum atomic E-state index is 11.8. The van der Waals surface area contributed by atoms with E-state index in [-0.39, 0.29) is 24.2 Å². The van der Waals surface area contributed by atoms with Crippen molar-refractivity contribution in [3.63, 3.8) is 0 Å². The van der Waals surface area contributed by atoms with E-state index in [4.69, 9.17) is 14.2 Å². The van der Waals surface area contributed by atoms with E-state index < -0.39 is 5.60 Å². The minimum absolute atomic E-state index is 0.174. The smallest absolute Gasteiger partial charge is 0.331 e. The predicted molar refractivity (Wildman–Crippen MR) is 71.3 cm³/mol. The number of hydrogen-bond donors (Lipinski definition) is 0. The Morgan fingerprint density at radius 1 is 1.40 bits per heavy atom. The van der Waals surface area contributed by atoms with E-state index in [1.165, 1.54) is 0 Å². The fraction of sp³-hybridized carbons (Fsp3) is 0.800. The number of methoxy groups -OCH3 is 2. The fourth-order valence-electron chi connectivity index (χ4n) is 4.75. The van der Waals surface area contributed by atoms with Crippen LogP contribution in [0.2, 0.25) is 0 Å². The minimum atomic E-state index is -0.395. The number of carbonyl (C=O) groups excluding carboxylic acids is 1. The van der Waals surface area contributed by atoms with Gasteiger partial charge in [-0.3, -0.25) is 4.90 Å². The van der Waals surface area contributed by atoms with Crippen molar-refractivity contribution in [2.45, 2.75) is 55.6 Å². The molecular weight excluding hydrogens is 258 g/mol. The van der Waals surface area contributed by atoms with Crippen molar-refractivity contribution in [1.29, 1.82) is 0 Å². The Kier molecular flexibility index (Phi) is 2.75. The summed E-state index contributed by atoms with van der Waals surface area (Å²) in [7, 11) is 3.54. The molecule has 5 atom stereocenters. The summed E-state index contributed by atoms with van der Waals surface area (Å²) in [6.45, 7) is 1.00. The second kappa shape index (κ2) is 4.29. The van der Waals surface area contributed by atoms with Crippen LogP contribution in [0.3, 0.4) is 0 Å². The standard InChI is InChI=1S/C15H21NO4/c1-18-10-3-4-16-11-8-15(13(16)7-10)9(5-12(11)19-2)6-14(17)20-15/h6,10-13H,3-5,7-8H2,1-2H3/t10-,11-,12+,13-,15-/m0/s1. The topological polar surface area (TPSA) is 48.0 Å². The Morgan fingerprint density at radius 3 is 3.00 bits per heavy atom. The van der Waals surface area contributed by atoms with Gasteiger partial charge < -0.3 is 14.2 Å². The number of piperidine rings is 1. The summed E-state index contributed by atoms with van der Waals surface area (Å²) < 4.78 is 17.1. The second-order valence-electron chi connectivity index (χ2n) is 6.37. The quantitative estimate of drug-likeness (QED) is 0.702. The SMILES string of the molecule is CO[C@H]1CCN2[C@@H](C1)[C@]13C[C@H]2[C@H](OC)CC1=CC(=O)O3. The van der Waals surface area contributed by atoms with Crippen LogP contribution in [0.1, 0.15) is 25.7 Å². The van der Waals surface area contributed by atoms with E-state index in [2.05, 4.69) is 4.90 Å². The molecule has 3 fully saturated rings. The minimum Gasteiger partial charge on any atom is -0.450 e. The summed E-state index contributed by atoms with van der Waals surface area (Å²) in [6.07, 6.45) is 5.82. The maximum absolute atomic E-state index is 11.8. The number of fused-ring (bicyclic) bond motifs is 3. The van der Waals surface area contributed by atoms with Gasteiger partial charge in [0.1, 0.15) is 0 Å². The molecular formula is C15H21NO4. The zero-order valence-electron chi connectivity index (χ0n) is 12.0. The van der Waals surface area contributed by atoms with Gasteiger partial charge in [0.15, 0.2) is 5.60 Å². The molecule has 2 saturated heterocycles. The summed E-state index contributed by atoms with van der Waals surface area (Å²) in [5.41, 5.74) is 0.739. The van der Waals surface area contributed by atoms with Crippen LogP contribution in [0, 0.1) is 0 Å². The molecule has 110 valence electrons. The molecule has 0 unspecified atom stereocenters. The van der Waals surface area contributed by atoms with E-state index in [0.29, 0.717) is 6.04 Å². The number of rotatable bonds is 2. The molecule has 0 aromatic heterocycles. The molecule has 2 bridgehead atoms. The lowest BCUT2D eigenvalue weighted by molar-refractivity contribution is -0.150. The second-order valence-corrected chi connectivity index (χ2v) is 6.37. The predicted octanol–water partition coefficient (Wildman–Crippen LogP) is 0.879. The first-order valence-corrected chi connectivity index (χ1v) is 7.43. The first-order chi connectivity index (χ1) is 9.68. The largest absolute Gasteiger partial charge is 0.450 e. The van der Waals surface area contributed by atoms with Gasteiger partial charge in [-0.25, -0.2) is 4.79 Å². The monoisotopic (exact) mass is 279 g/mol. The highest BCUT2D eigenvalue weighted by molar-refractivity contribution is 5.87. The Morgan fingerprint density at radius 2 is 2.25 bits per heavy atom. The molecule has 20 heavy (non-hydrogen) atoms. The highest BCUT2D eigenvalue weighted by Crippen LogP contribution is 2.54. The average Bonchev–Trinajstić information content (AvgIpc) is 2.94. The molecule has 5 nitrogen and oxygen atoms in total. The lowest BCUT2D eigenvalue weighted by Crippen LogP contribution is -2.51. The normalized spacial score (nSPS) is 46.7. The van der Waals surface area contributed by atoms with Crippen LogP contribution in [-0.4, -0.2) is 61.5 Å². The molecule has 0 amide bonds. The van der Waals surface area contributed by atoms with Crippen molar-refractivity contribution < 1.29 is 19.0 Å². The summed E-state index contributed by atoms with van der Waals surface area (Å²) in [6, 6.07) is 0.620. The fourth-order valence-corrected chi connectivity index (χ4v) is 4.75. The van der Waals surface area contributed by atoms with Gasteiger partial charge in [0, 0.05) is 45.7 Å². The lowest BCUT2D eigenvalue weighted by Gasteiger charge is -2.40. The zero-order chi connectivity index (χ0) is 13.9. The van der Waals surface area contributed by atoms with Crippen LogP contribution in [0.25, 0.3) is 0 Å². The van der Waals surface area contributed by atoms with Crippen molar-refractivity contribution >= 4 is 5.97 Å². The lowest BCUT2D eigenvalue weighted by atomic mass is 9.76. The number of nitrogens with zero attached hydrogens (tertiary/aromatic N) is 1. The van der Waals surface area contributed by atoms with Crippen LogP contribution < -0.4 is 0 Å². The molecule has 1 aliphatic carbocycles. The van der Waals surface area contributed by atoms with Gasteiger partial charge in [0.2, 0.25) is 0 Å². The van der Waals surface area contributed by atoms with Crippen LogP contribution >= 0.6 is 0 Å². The highest BCUT2D eigenvalue weighted by atomic mass is 16.6. The number of ether oxygens (including phenoxy) is 3. The van der Waals surface area contributed by atoms with E-state index in [1.807, 2.05) is 0 Å². The van der Waals surface area contributed by atoms with Gasteiger partial charge in [-0.05, 0) is 18.4 Å². The summed E-state index contributed by atoms with van der Waals surface area (Å²) >= 11 is 0. The van der Waals surface area contributed by atoms with E-state index in [0.717, 1.165) is 37.8 Å². The van der Waals surface area contributed by atoms with Crippen LogP contribution in [0.5, 0.6) is 0 Å². The van der Waals surface area contributed by atoms with Crippen LogP contribution in [0.15, 0.2) is 11.6 Å². The van der Waals surface area contributed by atoms with Crippen molar-refractivity contribution in [2.24, 2.45) is 0 Å². The third kappa shape index (κ3) is 1.51. The zero-order valence-corrected chi connectivity index (χ0v) is 12.0. The Bertz CT molecular complexity index is 476. The molecule has 5 heteroatoms. The van der Waals surface area contributed by atoms with E-state index in [1.54, 1.807) is 20.3 Å². The van der Waals surface area contributed by atoms with Crippen molar-refractivity contribution in [1.82, 2.24) is 4.90 Å². The first kappa shape index (κ1) is 12.8. The van der Waals surface area contributed by atoms with Crippen LogP contribution in [-0.2, 0) is 19.0 Å². The third-order valence-corrected chi connectivity index (χ3v) is 5.68. The van der Waals surface area contributed by atoms with Gasteiger partial charge in [-0.1, -0.05) is 0 Å². The molecule has 4 aliphatic rings. The molecule has 3 aliphatic heterocycles. The van der Waals surface area contributed by atoms with Crippen molar-refractivity contribution in [2.75, 3.05) is 20.8 Å². The molecule has 0 aromatic rings. The highest BCUT2D eigenvalue weighted by Gasteiger charge is 2.64. The molecule has 0 N–H and O–H groups in total. The first-order valence-electron chi connectivity index (χ1n) is 7.43. The number of hydrogen-bond acceptors (Lipinski definition) is 5. The van der Waals surface area contributed by atoms with Gasteiger partial charge >= 0.3 is 5.97 Å². The molecule has 0 aromatic carbocycles. The molecule has 1 spiro atoms. The van der Waals surface area contributed by atoms with Crippen molar-refractivity contribution in [3.05, 3.63) is 11.6 Å². The Labute approximate surface area is 118 Å².